The lowest BCUT2D eigenvalue weighted by molar-refractivity contribution is -0.136. The van der Waals surface area contributed by atoms with Gasteiger partial charge in [0.15, 0.2) is 0 Å². The topological polar surface area (TPSA) is 37.3 Å². The van der Waals surface area contributed by atoms with Gasteiger partial charge in [-0.1, -0.05) is 48.5 Å². The van der Waals surface area contributed by atoms with Gasteiger partial charge in [-0.2, -0.15) is 0 Å². The Labute approximate surface area is 127 Å². The van der Waals surface area contributed by atoms with Crippen molar-refractivity contribution in [3.05, 3.63) is 58.6 Å². The molecule has 2 aromatic carbocycles. The minimum atomic E-state index is -0.873. The molecular formula is C16H15ClO2S. The molecule has 0 atom stereocenters. The van der Waals surface area contributed by atoms with E-state index in [1.807, 2.05) is 12.1 Å². The minimum Gasteiger partial charge on any atom is -0.481 e. The van der Waals surface area contributed by atoms with Crippen molar-refractivity contribution in [2.45, 2.75) is 29.6 Å². The number of aryl methyl sites for hydroxylation is 1. The highest BCUT2D eigenvalue weighted by atomic mass is 35.5. The first-order valence-corrected chi connectivity index (χ1v) is 7.55. The van der Waals surface area contributed by atoms with E-state index in [-0.39, 0.29) is 6.42 Å². The first kappa shape index (κ1) is 14.9. The van der Waals surface area contributed by atoms with Crippen molar-refractivity contribution in [1.82, 2.24) is 0 Å². The Morgan fingerprint density at radius 1 is 1.15 bits per heavy atom. The molecule has 4 heteroatoms. The van der Waals surface area contributed by atoms with Gasteiger partial charge in [-0.25, -0.2) is 0 Å². The monoisotopic (exact) mass is 306 g/mol. The summed E-state index contributed by atoms with van der Waals surface area (Å²) in [6, 6.07) is 13.9. The van der Waals surface area contributed by atoms with Crippen LogP contribution in [0.1, 0.15) is 18.1 Å². The van der Waals surface area contributed by atoms with Crippen molar-refractivity contribution in [1.29, 1.82) is 0 Å². The average molecular weight is 307 g/mol. The molecule has 0 saturated carbocycles. The lowest BCUT2D eigenvalue weighted by Gasteiger charge is -2.06. The molecule has 0 bridgehead atoms. The third-order valence-electron chi connectivity index (χ3n) is 2.93. The van der Waals surface area contributed by atoms with E-state index in [0.717, 1.165) is 16.2 Å². The van der Waals surface area contributed by atoms with E-state index in [1.165, 1.54) is 5.56 Å². The Hall–Kier alpha value is -1.45. The maximum Gasteiger partial charge on any atom is 0.307 e. The van der Waals surface area contributed by atoms with E-state index < -0.39 is 5.97 Å². The van der Waals surface area contributed by atoms with Crippen molar-refractivity contribution in [3.63, 3.8) is 0 Å². The molecular weight excluding hydrogens is 292 g/mol. The van der Waals surface area contributed by atoms with E-state index in [4.69, 9.17) is 16.7 Å². The maximum absolute atomic E-state index is 10.7. The summed E-state index contributed by atoms with van der Waals surface area (Å²) in [4.78, 5) is 12.8. The van der Waals surface area contributed by atoms with Crippen LogP contribution >= 0.6 is 23.4 Å². The Balaban J connectivity index is 2.13. The second-order valence-electron chi connectivity index (χ2n) is 4.42. The standard InChI is InChI=1S/C16H15ClO2S/c1-2-11-3-6-13(7-4-11)20-14-8-5-12(9-16(18)19)15(17)10-14/h3-8,10H,2,9H2,1H3,(H,18,19). The van der Waals surface area contributed by atoms with Crippen LogP contribution in [-0.2, 0) is 17.6 Å². The fraction of sp³-hybridized carbons (Fsp3) is 0.188. The number of carboxylic acid groups (broad SMARTS) is 1. The van der Waals surface area contributed by atoms with Gasteiger partial charge in [0, 0.05) is 14.8 Å². The quantitative estimate of drug-likeness (QED) is 0.871. The summed E-state index contributed by atoms with van der Waals surface area (Å²) in [6.07, 6.45) is 0.982. The van der Waals surface area contributed by atoms with Crippen molar-refractivity contribution >= 4 is 29.3 Å². The molecule has 1 N–H and O–H groups in total. The smallest absolute Gasteiger partial charge is 0.307 e. The fourth-order valence-electron chi connectivity index (χ4n) is 1.83. The normalized spacial score (nSPS) is 10.5. The highest BCUT2D eigenvalue weighted by Gasteiger charge is 2.07. The molecule has 0 spiro atoms. The largest absolute Gasteiger partial charge is 0.481 e. The molecule has 0 amide bonds. The summed E-state index contributed by atoms with van der Waals surface area (Å²) in [5, 5.41) is 9.28. The van der Waals surface area contributed by atoms with Crippen LogP contribution in [0.25, 0.3) is 0 Å². The predicted octanol–water partition coefficient (Wildman–Crippen LogP) is 4.68. The molecule has 0 radical (unpaired) electrons. The maximum atomic E-state index is 10.7. The van der Waals surface area contributed by atoms with Gasteiger partial charge in [0.2, 0.25) is 0 Å². The molecule has 0 fully saturated rings. The molecule has 0 aliphatic heterocycles. The van der Waals surface area contributed by atoms with Gasteiger partial charge >= 0.3 is 5.97 Å². The first-order chi connectivity index (χ1) is 9.58. The van der Waals surface area contributed by atoms with Gasteiger partial charge in [0.1, 0.15) is 0 Å². The SMILES string of the molecule is CCc1ccc(Sc2ccc(CC(=O)O)c(Cl)c2)cc1. The summed E-state index contributed by atoms with van der Waals surface area (Å²) >= 11 is 7.73. The number of halogens is 1. The number of hydrogen-bond acceptors (Lipinski definition) is 2. The summed E-state index contributed by atoms with van der Waals surface area (Å²) < 4.78 is 0. The first-order valence-electron chi connectivity index (χ1n) is 6.35. The molecule has 104 valence electrons. The van der Waals surface area contributed by atoms with Gasteiger partial charge < -0.3 is 5.11 Å². The average Bonchev–Trinajstić information content (AvgIpc) is 2.42. The minimum absolute atomic E-state index is 0.0466. The number of benzene rings is 2. The van der Waals surface area contributed by atoms with E-state index in [2.05, 4.69) is 31.2 Å². The third kappa shape index (κ3) is 4.02. The van der Waals surface area contributed by atoms with Crippen molar-refractivity contribution in [2.75, 3.05) is 0 Å². The zero-order valence-electron chi connectivity index (χ0n) is 11.1. The highest BCUT2D eigenvalue weighted by molar-refractivity contribution is 7.99. The molecule has 2 aromatic rings. The molecule has 0 saturated heterocycles. The van der Waals surface area contributed by atoms with Gasteiger partial charge in [0.25, 0.3) is 0 Å². The molecule has 20 heavy (non-hydrogen) atoms. The van der Waals surface area contributed by atoms with Crippen LogP contribution in [-0.4, -0.2) is 11.1 Å². The summed E-state index contributed by atoms with van der Waals surface area (Å²) in [7, 11) is 0. The Kier molecular flexibility index (Phi) is 5.10. The number of aliphatic carboxylic acids is 1. The van der Waals surface area contributed by atoms with Gasteiger partial charge in [0.05, 0.1) is 6.42 Å². The van der Waals surface area contributed by atoms with Gasteiger partial charge in [-0.3, -0.25) is 4.79 Å². The van der Waals surface area contributed by atoms with E-state index in [0.29, 0.717) is 10.6 Å². The third-order valence-corrected chi connectivity index (χ3v) is 4.28. The van der Waals surface area contributed by atoms with Crippen molar-refractivity contribution in [3.8, 4) is 0 Å². The highest BCUT2D eigenvalue weighted by Crippen LogP contribution is 2.31. The number of carbonyl (C=O) groups is 1. The van der Waals surface area contributed by atoms with Crippen LogP contribution < -0.4 is 0 Å². The summed E-state index contributed by atoms with van der Waals surface area (Å²) in [5.74, 6) is -0.873. The van der Waals surface area contributed by atoms with Crippen LogP contribution in [0.15, 0.2) is 52.3 Å². The van der Waals surface area contributed by atoms with Crippen LogP contribution in [0.4, 0.5) is 0 Å². The van der Waals surface area contributed by atoms with Gasteiger partial charge in [-0.05, 0) is 41.8 Å². The number of carboxylic acids is 1. The second kappa shape index (κ2) is 6.82. The second-order valence-corrected chi connectivity index (χ2v) is 5.98. The van der Waals surface area contributed by atoms with E-state index >= 15 is 0 Å². The Morgan fingerprint density at radius 2 is 1.80 bits per heavy atom. The molecule has 0 aliphatic rings. The summed E-state index contributed by atoms with van der Waals surface area (Å²) in [6.45, 7) is 2.13. The van der Waals surface area contributed by atoms with E-state index in [1.54, 1.807) is 17.8 Å². The van der Waals surface area contributed by atoms with Gasteiger partial charge in [-0.15, -0.1) is 0 Å². The van der Waals surface area contributed by atoms with Crippen molar-refractivity contribution < 1.29 is 9.90 Å². The number of hydrogen-bond donors (Lipinski definition) is 1. The lowest BCUT2D eigenvalue weighted by atomic mass is 10.1. The van der Waals surface area contributed by atoms with Crippen LogP contribution in [0.5, 0.6) is 0 Å². The van der Waals surface area contributed by atoms with E-state index in [9.17, 15) is 4.79 Å². The fourth-order valence-corrected chi connectivity index (χ4v) is 3.00. The molecule has 2 nitrogen and oxygen atoms in total. The van der Waals surface area contributed by atoms with Crippen molar-refractivity contribution in [2.24, 2.45) is 0 Å². The van der Waals surface area contributed by atoms with Crippen LogP contribution in [0.3, 0.4) is 0 Å². The van der Waals surface area contributed by atoms with Crippen LogP contribution in [0.2, 0.25) is 5.02 Å². The molecule has 0 aromatic heterocycles. The Morgan fingerprint density at radius 3 is 2.35 bits per heavy atom. The zero-order chi connectivity index (χ0) is 14.5. The predicted molar refractivity (Wildman–Crippen MR) is 82.7 cm³/mol. The lowest BCUT2D eigenvalue weighted by Crippen LogP contribution is -2.00. The molecule has 0 unspecified atom stereocenters. The molecule has 0 aliphatic carbocycles. The Bertz CT molecular complexity index is 608. The molecule has 0 heterocycles. The summed E-state index contributed by atoms with van der Waals surface area (Å²) in [5.41, 5.74) is 1.95. The molecule has 2 rings (SSSR count). The van der Waals surface area contributed by atoms with Crippen LogP contribution in [0, 0.1) is 0 Å². The number of rotatable bonds is 5. The zero-order valence-corrected chi connectivity index (χ0v) is 12.7.